The van der Waals surface area contributed by atoms with Gasteiger partial charge in [0, 0.05) is 18.0 Å². The SMILES string of the molecule is CC(C)(C#N)c1ccc(CC[C@@](O)(CC(=O)[O-])C2CCCC2)cc1F. The Morgan fingerprint density at radius 2 is 2.04 bits per heavy atom. The molecule has 1 atom stereocenters. The van der Waals surface area contributed by atoms with Gasteiger partial charge in [0.05, 0.1) is 17.1 Å². The van der Waals surface area contributed by atoms with E-state index in [1.165, 1.54) is 6.07 Å². The summed E-state index contributed by atoms with van der Waals surface area (Å²) in [4.78, 5) is 11.1. The summed E-state index contributed by atoms with van der Waals surface area (Å²) in [5.74, 6) is -1.76. The lowest BCUT2D eigenvalue weighted by atomic mass is 9.78. The number of carbonyl (C=O) groups excluding carboxylic acids is 1. The molecule has 5 heteroatoms. The zero-order chi connectivity index (χ0) is 18.7. The summed E-state index contributed by atoms with van der Waals surface area (Å²) in [6.07, 6.45) is 3.86. The van der Waals surface area contributed by atoms with Gasteiger partial charge in [-0.25, -0.2) is 4.39 Å². The predicted molar refractivity (Wildman–Crippen MR) is 89.9 cm³/mol. The van der Waals surface area contributed by atoms with E-state index in [1.54, 1.807) is 26.0 Å². The summed E-state index contributed by atoms with van der Waals surface area (Å²) in [5, 5.41) is 31.1. The van der Waals surface area contributed by atoms with Crippen LogP contribution in [-0.4, -0.2) is 16.7 Å². The van der Waals surface area contributed by atoms with Gasteiger partial charge in [-0.2, -0.15) is 5.26 Å². The Morgan fingerprint density at radius 3 is 2.56 bits per heavy atom. The summed E-state index contributed by atoms with van der Waals surface area (Å²) in [5.41, 5.74) is -1.21. The van der Waals surface area contributed by atoms with Crippen LogP contribution in [0.2, 0.25) is 0 Å². The number of hydrogen-bond acceptors (Lipinski definition) is 4. The first-order chi connectivity index (χ1) is 11.7. The number of aliphatic hydroxyl groups is 1. The molecule has 4 nitrogen and oxygen atoms in total. The molecule has 1 aromatic rings. The van der Waals surface area contributed by atoms with Crippen molar-refractivity contribution in [1.29, 1.82) is 5.26 Å². The van der Waals surface area contributed by atoms with Gasteiger partial charge >= 0.3 is 0 Å². The third-order valence-corrected chi connectivity index (χ3v) is 5.40. The summed E-state index contributed by atoms with van der Waals surface area (Å²) in [6.45, 7) is 3.31. The Hall–Kier alpha value is -1.93. The molecule has 0 spiro atoms. The van der Waals surface area contributed by atoms with Crippen LogP contribution in [0.3, 0.4) is 0 Å². The average molecular weight is 346 g/mol. The first-order valence-electron chi connectivity index (χ1n) is 8.80. The molecule has 2 rings (SSSR count). The van der Waals surface area contributed by atoms with Crippen molar-refractivity contribution >= 4 is 5.97 Å². The Bertz CT molecular complexity index is 674. The lowest BCUT2D eigenvalue weighted by Crippen LogP contribution is -2.43. The van der Waals surface area contributed by atoms with E-state index >= 15 is 0 Å². The van der Waals surface area contributed by atoms with Crippen LogP contribution in [0, 0.1) is 23.1 Å². The second-order valence-corrected chi connectivity index (χ2v) is 7.68. The second-order valence-electron chi connectivity index (χ2n) is 7.68. The molecule has 25 heavy (non-hydrogen) atoms. The minimum absolute atomic E-state index is 0.0490. The van der Waals surface area contributed by atoms with Crippen molar-refractivity contribution in [1.82, 2.24) is 0 Å². The first-order valence-corrected chi connectivity index (χ1v) is 8.80. The number of benzene rings is 1. The predicted octanol–water partition coefficient (Wildman–Crippen LogP) is 2.62. The van der Waals surface area contributed by atoms with E-state index in [-0.39, 0.29) is 18.8 Å². The van der Waals surface area contributed by atoms with Gasteiger partial charge in [-0.1, -0.05) is 25.0 Å². The Morgan fingerprint density at radius 1 is 1.40 bits per heavy atom. The van der Waals surface area contributed by atoms with Crippen molar-refractivity contribution in [2.24, 2.45) is 5.92 Å². The minimum atomic E-state index is -1.31. The van der Waals surface area contributed by atoms with Crippen molar-refractivity contribution < 1.29 is 19.4 Å². The summed E-state index contributed by atoms with van der Waals surface area (Å²) in [6, 6.07) is 6.80. The molecule has 1 saturated carbocycles. The zero-order valence-corrected chi connectivity index (χ0v) is 14.8. The normalized spacial score (nSPS) is 17.9. The van der Waals surface area contributed by atoms with Crippen LogP contribution in [0.25, 0.3) is 0 Å². The molecule has 0 saturated heterocycles. The quantitative estimate of drug-likeness (QED) is 0.822. The minimum Gasteiger partial charge on any atom is -0.550 e. The number of nitriles is 1. The highest BCUT2D eigenvalue weighted by molar-refractivity contribution is 5.65. The van der Waals surface area contributed by atoms with E-state index in [1.807, 2.05) is 0 Å². The maximum Gasteiger partial charge on any atom is 0.128 e. The van der Waals surface area contributed by atoms with Crippen LogP contribution in [0.15, 0.2) is 18.2 Å². The molecule has 1 aliphatic rings. The van der Waals surface area contributed by atoms with Crippen molar-refractivity contribution in [3.05, 3.63) is 35.1 Å². The standard InChI is InChI=1S/C20H26FNO3/c1-19(2,13-22)16-8-7-14(11-17(16)21)9-10-20(25,12-18(23)24)15-5-3-4-6-15/h7-8,11,15,25H,3-6,9-10,12H2,1-2H3,(H,23,24)/p-1/t20-/m1/s1. The zero-order valence-electron chi connectivity index (χ0n) is 14.8. The molecule has 0 heterocycles. The lowest BCUT2D eigenvalue weighted by Gasteiger charge is -2.35. The largest absolute Gasteiger partial charge is 0.550 e. The number of carboxylic acid groups (broad SMARTS) is 1. The molecule has 0 aromatic heterocycles. The third-order valence-electron chi connectivity index (χ3n) is 5.40. The molecule has 1 N–H and O–H groups in total. The van der Waals surface area contributed by atoms with Crippen LogP contribution >= 0.6 is 0 Å². The van der Waals surface area contributed by atoms with Crippen molar-refractivity contribution in [3.63, 3.8) is 0 Å². The van der Waals surface area contributed by atoms with E-state index in [9.17, 15) is 19.4 Å². The van der Waals surface area contributed by atoms with E-state index < -0.39 is 22.8 Å². The Balaban J connectivity index is 2.14. The van der Waals surface area contributed by atoms with E-state index in [0.29, 0.717) is 17.5 Å². The molecule has 0 aliphatic heterocycles. The van der Waals surface area contributed by atoms with Gasteiger partial charge in [0.25, 0.3) is 0 Å². The van der Waals surface area contributed by atoms with Crippen LogP contribution < -0.4 is 5.11 Å². The van der Waals surface area contributed by atoms with Crippen LogP contribution in [0.1, 0.15) is 63.5 Å². The van der Waals surface area contributed by atoms with Gasteiger partial charge in [-0.05, 0) is 57.1 Å². The topological polar surface area (TPSA) is 84.1 Å². The van der Waals surface area contributed by atoms with Crippen LogP contribution in [-0.2, 0) is 16.6 Å². The van der Waals surface area contributed by atoms with Gasteiger partial charge in [-0.3, -0.25) is 0 Å². The van der Waals surface area contributed by atoms with E-state index in [0.717, 1.165) is 25.7 Å². The molecule has 1 aliphatic carbocycles. The molecule has 0 bridgehead atoms. The molecule has 136 valence electrons. The highest BCUT2D eigenvalue weighted by atomic mass is 19.1. The van der Waals surface area contributed by atoms with Crippen molar-refractivity contribution in [3.8, 4) is 6.07 Å². The maximum atomic E-state index is 14.3. The Kier molecular flexibility index (Phi) is 5.84. The smallest absolute Gasteiger partial charge is 0.128 e. The monoisotopic (exact) mass is 346 g/mol. The number of aryl methyl sites for hydroxylation is 1. The fourth-order valence-electron chi connectivity index (χ4n) is 3.79. The average Bonchev–Trinajstić information content (AvgIpc) is 3.07. The molecule has 0 amide bonds. The molecule has 1 aromatic carbocycles. The summed E-state index contributed by atoms with van der Waals surface area (Å²) < 4.78 is 14.3. The van der Waals surface area contributed by atoms with Gasteiger partial charge in [0.1, 0.15) is 5.82 Å². The van der Waals surface area contributed by atoms with Crippen molar-refractivity contribution in [2.75, 3.05) is 0 Å². The molecular formula is C20H25FNO3-. The van der Waals surface area contributed by atoms with E-state index in [2.05, 4.69) is 6.07 Å². The highest BCUT2D eigenvalue weighted by Crippen LogP contribution is 2.39. The van der Waals surface area contributed by atoms with Gasteiger partial charge in [0.15, 0.2) is 0 Å². The fraction of sp³-hybridized carbons (Fsp3) is 0.600. The molecule has 1 fully saturated rings. The summed E-state index contributed by atoms with van der Waals surface area (Å²) in [7, 11) is 0. The third kappa shape index (κ3) is 4.58. The maximum absolute atomic E-state index is 14.3. The van der Waals surface area contributed by atoms with Gasteiger partial charge in [-0.15, -0.1) is 0 Å². The van der Waals surface area contributed by atoms with Crippen LogP contribution in [0.4, 0.5) is 4.39 Å². The first kappa shape index (κ1) is 19.4. The summed E-state index contributed by atoms with van der Waals surface area (Å²) >= 11 is 0. The fourth-order valence-corrected chi connectivity index (χ4v) is 3.79. The molecular weight excluding hydrogens is 321 g/mol. The number of carbonyl (C=O) groups is 1. The lowest BCUT2D eigenvalue weighted by molar-refractivity contribution is -0.310. The van der Waals surface area contributed by atoms with Crippen LogP contribution in [0.5, 0.6) is 0 Å². The highest BCUT2D eigenvalue weighted by Gasteiger charge is 2.38. The molecule has 0 radical (unpaired) electrons. The number of carboxylic acids is 1. The van der Waals surface area contributed by atoms with E-state index in [4.69, 9.17) is 5.26 Å². The Labute approximate surface area is 148 Å². The van der Waals surface area contributed by atoms with Gasteiger partial charge < -0.3 is 15.0 Å². The number of nitrogens with zero attached hydrogens (tertiary/aromatic N) is 1. The second kappa shape index (κ2) is 7.53. The van der Waals surface area contributed by atoms with Gasteiger partial charge in [0.2, 0.25) is 0 Å². The van der Waals surface area contributed by atoms with Crippen molar-refractivity contribution in [2.45, 2.75) is 69.8 Å². The number of halogens is 1. The number of rotatable bonds is 7. The molecule has 0 unspecified atom stereocenters. The number of hydrogen-bond donors (Lipinski definition) is 1. The number of aliphatic carboxylic acids is 1.